The Bertz CT molecular complexity index is 412. The van der Waals surface area contributed by atoms with Crippen LogP contribution in [0.1, 0.15) is 17.7 Å². The largest absolute Gasteiger partial charge is 0.494 e. The van der Waals surface area contributed by atoms with Crippen LogP contribution in [0.15, 0.2) is 6.07 Å². The van der Waals surface area contributed by atoms with Crippen molar-refractivity contribution in [1.82, 2.24) is 4.98 Å². The maximum Gasteiger partial charge on any atom is 0.309 e. The second-order valence-electron chi connectivity index (χ2n) is 2.89. The summed E-state index contributed by atoms with van der Waals surface area (Å²) in [6, 6.07) is 1.18. The monoisotopic (exact) mass is 343 g/mol. The van der Waals surface area contributed by atoms with Crippen LogP contribution in [0, 0.1) is 3.70 Å². The summed E-state index contributed by atoms with van der Waals surface area (Å²) in [6.07, 6.45) is -3.17. The zero-order valence-corrected chi connectivity index (χ0v) is 10.4. The van der Waals surface area contributed by atoms with Gasteiger partial charge in [0, 0.05) is 0 Å². The highest BCUT2D eigenvalue weighted by atomic mass is 127. The topological polar surface area (TPSA) is 59.4 Å². The summed E-state index contributed by atoms with van der Waals surface area (Å²) in [4.78, 5) is 14.4. The number of ether oxygens (including phenoxy) is 1. The van der Waals surface area contributed by atoms with Crippen molar-refractivity contribution < 1.29 is 23.4 Å². The average Bonchev–Trinajstić information content (AvgIpc) is 2.15. The molecule has 0 saturated carbocycles. The molecule has 0 aromatic carbocycles. The predicted octanol–water partition coefficient (Wildman–Crippen LogP) is 2.26. The number of carboxylic acids is 1. The minimum atomic E-state index is -2.72. The van der Waals surface area contributed by atoms with Crippen molar-refractivity contribution in [3.05, 3.63) is 21.0 Å². The lowest BCUT2D eigenvalue weighted by atomic mass is 10.1. The van der Waals surface area contributed by atoms with Crippen molar-refractivity contribution >= 4 is 28.6 Å². The number of methoxy groups -OCH3 is 1. The summed E-state index contributed by atoms with van der Waals surface area (Å²) in [6.45, 7) is 0. The Morgan fingerprint density at radius 2 is 2.31 bits per heavy atom. The van der Waals surface area contributed by atoms with Crippen LogP contribution in [0.2, 0.25) is 0 Å². The van der Waals surface area contributed by atoms with E-state index in [0.717, 1.165) is 0 Å². The molecule has 1 heterocycles. The number of halogens is 3. The van der Waals surface area contributed by atoms with E-state index < -0.39 is 18.8 Å². The van der Waals surface area contributed by atoms with Gasteiger partial charge in [0.05, 0.1) is 24.8 Å². The van der Waals surface area contributed by atoms with Gasteiger partial charge < -0.3 is 9.84 Å². The van der Waals surface area contributed by atoms with Gasteiger partial charge in [-0.15, -0.1) is 0 Å². The van der Waals surface area contributed by atoms with Gasteiger partial charge >= 0.3 is 5.97 Å². The number of hydrogen-bond donors (Lipinski definition) is 1. The maximum atomic E-state index is 12.7. The van der Waals surface area contributed by atoms with Crippen LogP contribution in [0.25, 0.3) is 0 Å². The molecule has 0 amide bonds. The minimum absolute atomic E-state index is 0.0113. The van der Waals surface area contributed by atoms with Gasteiger partial charge in [0.25, 0.3) is 6.43 Å². The molecule has 88 valence electrons. The zero-order valence-electron chi connectivity index (χ0n) is 8.21. The number of pyridine rings is 1. The number of carbonyl (C=O) groups is 1. The Labute approximate surface area is 104 Å². The third kappa shape index (κ3) is 3.00. The van der Waals surface area contributed by atoms with Crippen LogP contribution in [-0.4, -0.2) is 23.2 Å². The average molecular weight is 343 g/mol. The molecule has 0 aliphatic carbocycles. The van der Waals surface area contributed by atoms with Gasteiger partial charge in [-0.05, 0) is 28.7 Å². The Balaban J connectivity index is 3.29. The molecule has 1 rings (SSSR count). The molecule has 0 spiro atoms. The zero-order chi connectivity index (χ0) is 12.3. The van der Waals surface area contributed by atoms with E-state index in [1.807, 2.05) is 0 Å². The van der Waals surface area contributed by atoms with Crippen LogP contribution in [-0.2, 0) is 11.2 Å². The number of alkyl halides is 2. The first-order chi connectivity index (χ1) is 7.45. The number of hydrogen-bond acceptors (Lipinski definition) is 3. The van der Waals surface area contributed by atoms with Crippen molar-refractivity contribution in [2.45, 2.75) is 12.8 Å². The van der Waals surface area contributed by atoms with Crippen LogP contribution >= 0.6 is 22.6 Å². The summed E-state index contributed by atoms with van der Waals surface area (Å²) in [7, 11) is 1.21. The molecule has 0 unspecified atom stereocenters. The second-order valence-corrected chi connectivity index (χ2v) is 3.99. The van der Waals surface area contributed by atoms with Gasteiger partial charge in [-0.1, -0.05) is 0 Å². The summed E-state index contributed by atoms with van der Waals surface area (Å²) in [5, 5.41) is 8.62. The smallest absolute Gasteiger partial charge is 0.309 e. The molecule has 1 aromatic rings. The maximum absolute atomic E-state index is 12.7. The molecule has 1 N–H and O–H groups in total. The molecule has 4 nitrogen and oxygen atoms in total. The van der Waals surface area contributed by atoms with E-state index in [-0.39, 0.29) is 17.0 Å². The number of aromatic nitrogens is 1. The van der Waals surface area contributed by atoms with Gasteiger partial charge in [0.15, 0.2) is 0 Å². The van der Waals surface area contributed by atoms with E-state index in [2.05, 4.69) is 4.98 Å². The molecule has 0 aliphatic heterocycles. The second kappa shape index (κ2) is 5.37. The van der Waals surface area contributed by atoms with Crippen molar-refractivity contribution in [3.8, 4) is 5.75 Å². The summed E-state index contributed by atoms with van der Waals surface area (Å²) in [5.74, 6) is -1.30. The third-order valence-electron chi connectivity index (χ3n) is 1.80. The fourth-order valence-corrected chi connectivity index (χ4v) is 1.86. The lowest BCUT2D eigenvalue weighted by Crippen LogP contribution is -2.08. The number of aliphatic carboxylic acids is 1. The molecule has 0 bridgehead atoms. The molecular weight excluding hydrogens is 335 g/mol. The van der Waals surface area contributed by atoms with E-state index in [1.165, 1.54) is 13.2 Å². The van der Waals surface area contributed by atoms with Gasteiger partial charge in [-0.3, -0.25) is 4.79 Å². The normalized spacial score (nSPS) is 10.6. The van der Waals surface area contributed by atoms with Crippen molar-refractivity contribution in [2.75, 3.05) is 7.11 Å². The van der Waals surface area contributed by atoms with E-state index in [0.29, 0.717) is 3.70 Å². The van der Waals surface area contributed by atoms with E-state index >= 15 is 0 Å². The van der Waals surface area contributed by atoms with Crippen LogP contribution in [0.3, 0.4) is 0 Å². The van der Waals surface area contributed by atoms with Crippen LogP contribution < -0.4 is 4.74 Å². The number of rotatable bonds is 4. The van der Waals surface area contributed by atoms with Crippen molar-refractivity contribution in [3.63, 3.8) is 0 Å². The van der Waals surface area contributed by atoms with Gasteiger partial charge in [0.1, 0.15) is 9.45 Å². The lowest BCUT2D eigenvalue weighted by molar-refractivity contribution is -0.136. The number of carboxylic acid groups (broad SMARTS) is 1. The molecule has 0 atom stereocenters. The van der Waals surface area contributed by atoms with E-state index in [1.54, 1.807) is 22.6 Å². The molecule has 7 heteroatoms. The predicted molar refractivity (Wildman–Crippen MR) is 59.8 cm³/mol. The molecule has 1 aromatic heterocycles. The molecule has 0 aliphatic rings. The van der Waals surface area contributed by atoms with Crippen LogP contribution in [0.4, 0.5) is 8.78 Å². The Morgan fingerprint density at radius 1 is 1.69 bits per heavy atom. The SMILES string of the molecule is COc1c(C(F)F)cc(I)nc1CC(=O)O. The standard InChI is InChI=1S/C9H8F2INO3/c1-16-8-4(9(10)11)2-6(12)13-5(8)3-7(14)15/h2,9H,3H2,1H3,(H,14,15). The highest BCUT2D eigenvalue weighted by molar-refractivity contribution is 14.1. The van der Waals surface area contributed by atoms with E-state index in [4.69, 9.17) is 9.84 Å². The first-order valence-corrected chi connectivity index (χ1v) is 5.26. The highest BCUT2D eigenvalue weighted by Crippen LogP contribution is 2.32. The quantitative estimate of drug-likeness (QED) is 0.673. The van der Waals surface area contributed by atoms with Crippen molar-refractivity contribution in [2.24, 2.45) is 0 Å². The summed E-state index contributed by atoms with van der Waals surface area (Å²) >= 11 is 1.75. The first kappa shape index (κ1) is 13.1. The lowest BCUT2D eigenvalue weighted by Gasteiger charge is -2.11. The molecule has 16 heavy (non-hydrogen) atoms. The fraction of sp³-hybridized carbons (Fsp3) is 0.333. The molecule has 0 radical (unpaired) electrons. The third-order valence-corrected chi connectivity index (χ3v) is 2.35. The molecule has 0 fully saturated rings. The van der Waals surface area contributed by atoms with Gasteiger partial charge in [0.2, 0.25) is 0 Å². The molecule has 0 saturated heterocycles. The minimum Gasteiger partial charge on any atom is -0.494 e. The highest BCUT2D eigenvalue weighted by Gasteiger charge is 2.20. The van der Waals surface area contributed by atoms with Crippen molar-refractivity contribution in [1.29, 1.82) is 0 Å². The summed E-state index contributed by atoms with van der Waals surface area (Å²) in [5.41, 5.74) is -0.324. The fourth-order valence-electron chi connectivity index (χ4n) is 1.23. The Morgan fingerprint density at radius 3 is 2.75 bits per heavy atom. The van der Waals surface area contributed by atoms with Gasteiger partial charge in [-0.25, -0.2) is 13.8 Å². The molecular formula is C9H8F2INO3. The first-order valence-electron chi connectivity index (χ1n) is 4.19. The number of nitrogens with zero attached hydrogens (tertiary/aromatic N) is 1. The Kier molecular flexibility index (Phi) is 4.39. The van der Waals surface area contributed by atoms with E-state index in [9.17, 15) is 13.6 Å². The summed E-state index contributed by atoms with van der Waals surface area (Å²) < 4.78 is 30.4. The Hall–Kier alpha value is -0.990. The van der Waals surface area contributed by atoms with Gasteiger partial charge in [-0.2, -0.15) is 0 Å². The van der Waals surface area contributed by atoms with Crippen LogP contribution in [0.5, 0.6) is 5.75 Å².